The average molecular weight is 361 g/mol. The zero-order valence-corrected chi connectivity index (χ0v) is 14.3. The smallest absolute Gasteiger partial charge is 0.224 e. The summed E-state index contributed by atoms with van der Waals surface area (Å²) in [6, 6.07) is 11.0. The number of halogens is 2. The largest absolute Gasteiger partial charge is 0.492 e. The van der Waals surface area contributed by atoms with Crippen molar-refractivity contribution in [1.29, 1.82) is 0 Å². The van der Waals surface area contributed by atoms with Crippen LogP contribution in [0.3, 0.4) is 0 Å². The topological polar surface area (TPSA) is 64.3 Å². The Bertz CT molecular complexity index is 587. The Balaban J connectivity index is 0.00000242. The first-order chi connectivity index (χ1) is 10.2. The Morgan fingerprint density at radius 1 is 1.23 bits per heavy atom. The number of rotatable bonds is 7. The fourth-order valence-electron chi connectivity index (χ4n) is 1.76. The van der Waals surface area contributed by atoms with Crippen LogP contribution in [0.2, 0.25) is 4.34 Å². The van der Waals surface area contributed by atoms with Crippen LogP contribution < -0.4 is 15.8 Å². The maximum absolute atomic E-state index is 11.9. The number of nitrogens with one attached hydrogen (secondary N) is 1. The molecule has 0 fully saturated rings. The van der Waals surface area contributed by atoms with E-state index >= 15 is 0 Å². The van der Waals surface area contributed by atoms with Gasteiger partial charge < -0.3 is 15.8 Å². The number of carbonyl (C=O) groups excluding carboxylic acids is 1. The SMILES string of the molecule is Cl.NCCOc1ccc(NC(=O)CCc2ccc(Cl)s2)cc1. The number of amides is 1. The lowest BCUT2D eigenvalue weighted by molar-refractivity contribution is -0.116. The molecule has 22 heavy (non-hydrogen) atoms. The molecular weight excluding hydrogens is 343 g/mol. The highest BCUT2D eigenvalue weighted by molar-refractivity contribution is 7.16. The Labute approximate surface area is 145 Å². The van der Waals surface area contributed by atoms with Gasteiger partial charge in [0.1, 0.15) is 12.4 Å². The number of aryl methyl sites for hydroxylation is 1. The molecule has 0 unspecified atom stereocenters. The average Bonchev–Trinajstić information content (AvgIpc) is 2.90. The van der Waals surface area contributed by atoms with E-state index in [1.54, 1.807) is 0 Å². The van der Waals surface area contributed by atoms with Crippen LogP contribution in [0.15, 0.2) is 36.4 Å². The van der Waals surface area contributed by atoms with Crippen LogP contribution in [-0.2, 0) is 11.2 Å². The molecule has 0 bridgehead atoms. The monoisotopic (exact) mass is 360 g/mol. The Kier molecular flexibility index (Phi) is 8.27. The summed E-state index contributed by atoms with van der Waals surface area (Å²) in [4.78, 5) is 13.0. The molecule has 0 atom stereocenters. The van der Waals surface area contributed by atoms with Crippen molar-refractivity contribution in [3.63, 3.8) is 0 Å². The van der Waals surface area contributed by atoms with Crippen molar-refractivity contribution in [3.05, 3.63) is 45.6 Å². The second-order valence-electron chi connectivity index (χ2n) is 4.42. The highest BCUT2D eigenvalue weighted by atomic mass is 35.5. The number of ether oxygens (including phenoxy) is 1. The van der Waals surface area contributed by atoms with Crippen LogP contribution in [0.4, 0.5) is 5.69 Å². The first-order valence-electron chi connectivity index (χ1n) is 6.64. The molecule has 2 rings (SSSR count). The van der Waals surface area contributed by atoms with Gasteiger partial charge in [-0.25, -0.2) is 0 Å². The summed E-state index contributed by atoms with van der Waals surface area (Å²) in [6.45, 7) is 0.959. The van der Waals surface area contributed by atoms with Crippen LogP contribution >= 0.6 is 35.3 Å². The number of hydrogen-bond acceptors (Lipinski definition) is 4. The third-order valence-corrected chi connectivity index (χ3v) is 4.04. The quantitative estimate of drug-likeness (QED) is 0.790. The van der Waals surface area contributed by atoms with Gasteiger partial charge in [-0.15, -0.1) is 23.7 Å². The molecule has 0 aliphatic rings. The molecule has 1 aromatic heterocycles. The number of benzene rings is 1. The first kappa shape index (κ1) is 18.8. The number of nitrogens with two attached hydrogens (primary N) is 1. The lowest BCUT2D eigenvalue weighted by atomic mass is 10.2. The molecule has 120 valence electrons. The van der Waals surface area contributed by atoms with E-state index in [0.29, 0.717) is 26.0 Å². The van der Waals surface area contributed by atoms with E-state index < -0.39 is 0 Å². The first-order valence-corrected chi connectivity index (χ1v) is 7.84. The van der Waals surface area contributed by atoms with Crippen LogP contribution in [0.1, 0.15) is 11.3 Å². The van der Waals surface area contributed by atoms with Gasteiger partial charge in [0.15, 0.2) is 0 Å². The Morgan fingerprint density at radius 2 is 1.95 bits per heavy atom. The maximum Gasteiger partial charge on any atom is 0.224 e. The van der Waals surface area contributed by atoms with Crippen molar-refractivity contribution in [3.8, 4) is 5.75 Å². The zero-order chi connectivity index (χ0) is 15.1. The fraction of sp³-hybridized carbons (Fsp3) is 0.267. The van der Waals surface area contributed by atoms with Gasteiger partial charge >= 0.3 is 0 Å². The molecule has 3 N–H and O–H groups in total. The van der Waals surface area contributed by atoms with Gasteiger partial charge in [0.25, 0.3) is 0 Å². The third kappa shape index (κ3) is 6.23. The van der Waals surface area contributed by atoms with Crippen LogP contribution in [0.5, 0.6) is 5.75 Å². The van der Waals surface area contributed by atoms with Gasteiger partial charge in [-0.05, 0) is 42.8 Å². The molecule has 4 nitrogen and oxygen atoms in total. The minimum atomic E-state index is -0.0184. The van der Waals surface area contributed by atoms with Crippen LogP contribution in [0, 0.1) is 0 Å². The maximum atomic E-state index is 11.9. The predicted octanol–water partition coefficient (Wildman–Crippen LogP) is 3.73. The lowest BCUT2D eigenvalue weighted by Gasteiger charge is -2.07. The van der Waals surface area contributed by atoms with E-state index in [0.717, 1.165) is 20.7 Å². The minimum Gasteiger partial charge on any atom is -0.492 e. The Hall–Kier alpha value is -1.27. The van der Waals surface area contributed by atoms with Gasteiger partial charge in [-0.3, -0.25) is 4.79 Å². The standard InChI is InChI=1S/C15H17ClN2O2S.ClH/c16-14-7-5-13(21-14)6-8-15(19)18-11-1-3-12(4-2-11)20-10-9-17;/h1-5,7H,6,8-10,17H2,(H,18,19);1H. The van der Waals surface area contributed by atoms with Crippen molar-refractivity contribution in [2.24, 2.45) is 5.73 Å². The molecule has 0 aliphatic carbocycles. The van der Waals surface area contributed by atoms with Gasteiger partial charge in [-0.1, -0.05) is 11.6 Å². The predicted molar refractivity (Wildman–Crippen MR) is 94.5 cm³/mol. The van der Waals surface area contributed by atoms with E-state index in [1.807, 2.05) is 36.4 Å². The molecule has 1 aromatic carbocycles. The normalized spacial score (nSPS) is 9.91. The molecule has 1 amide bonds. The third-order valence-electron chi connectivity index (χ3n) is 2.75. The van der Waals surface area contributed by atoms with Crippen molar-refractivity contribution < 1.29 is 9.53 Å². The van der Waals surface area contributed by atoms with Crippen LogP contribution in [0.25, 0.3) is 0 Å². The highest BCUT2D eigenvalue weighted by Crippen LogP contribution is 2.22. The second kappa shape index (κ2) is 9.69. The molecular formula is C15H18Cl2N2O2S. The summed E-state index contributed by atoms with van der Waals surface area (Å²) in [7, 11) is 0. The summed E-state index contributed by atoms with van der Waals surface area (Å²) in [6.07, 6.45) is 1.13. The summed E-state index contributed by atoms with van der Waals surface area (Å²) >= 11 is 7.36. The van der Waals surface area contributed by atoms with Gasteiger partial charge in [0.05, 0.1) is 4.34 Å². The molecule has 0 spiro atoms. The van der Waals surface area contributed by atoms with E-state index in [-0.39, 0.29) is 18.3 Å². The van der Waals surface area contributed by atoms with Gasteiger partial charge in [0, 0.05) is 23.5 Å². The Morgan fingerprint density at radius 3 is 2.55 bits per heavy atom. The summed E-state index contributed by atoms with van der Waals surface area (Å²) in [5, 5.41) is 2.85. The summed E-state index contributed by atoms with van der Waals surface area (Å²) in [5.41, 5.74) is 6.12. The van der Waals surface area contributed by atoms with Crippen LogP contribution in [-0.4, -0.2) is 19.1 Å². The molecule has 0 saturated heterocycles. The van der Waals surface area contributed by atoms with Crippen molar-refractivity contribution in [2.75, 3.05) is 18.5 Å². The molecule has 0 radical (unpaired) electrons. The molecule has 0 aliphatic heterocycles. The number of thiophene rings is 1. The van der Waals surface area contributed by atoms with Crippen molar-refractivity contribution >= 4 is 46.9 Å². The molecule has 7 heteroatoms. The minimum absolute atomic E-state index is 0. The van der Waals surface area contributed by atoms with Gasteiger partial charge in [0.2, 0.25) is 5.91 Å². The van der Waals surface area contributed by atoms with E-state index in [9.17, 15) is 4.79 Å². The van der Waals surface area contributed by atoms with E-state index in [1.165, 1.54) is 11.3 Å². The van der Waals surface area contributed by atoms with E-state index in [4.69, 9.17) is 22.1 Å². The highest BCUT2D eigenvalue weighted by Gasteiger charge is 2.05. The van der Waals surface area contributed by atoms with Gasteiger partial charge in [-0.2, -0.15) is 0 Å². The van der Waals surface area contributed by atoms with Crippen molar-refractivity contribution in [2.45, 2.75) is 12.8 Å². The molecule has 2 aromatic rings. The summed E-state index contributed by atoms with van der Waals surface area (Å²) in [5.74, 6) is 0.724. The lowest BCUT2D eigenvalue weighted by Crippen LogP contribution is -2.12. The fourth-order valence-corrected chi connectivity index (χ4v) is 2.84. The molecule has 0 saturated carbocycles. The van der Waals surface area contributed by atoms with Crippen molar-refractivity contribution in [1.82, 2.24) is 0 Å². The summed E-state index contributed by atoms with van der Waals surface area (Å²) < 4.78 is 6.12. The second-order valence-corrected chi connectivity index (χ2v) is 6.22. The zero-order valence-electron chi connectivity index (χ0n) is 11.9. The number of carbonyl (C=O) groups is 1. The molecule has 1 heterocycles. The number of anilines is 1. The number of hydrogen-bond donors (Lipinski definition) is 2. The van der Waals surface area contributed by atoms with E-state index in [2.05, 4.69) is 5.32 Å².